The molecule has 2 saturated heterocycles. The van der Waals surface area contributed by atoms with Gasteiger partial charge in [-0.05, 0) is 36.1 Å². The van der Waals surface area contributed by atoms with Gasteiger partial charge in [0.25, 0.3) is 12.0 Å². The number of carbonyl (C=O) groups is 1. The number of halogens is 1. The van der Waals surface area contributed by atoms with E-state index in [1.807, 2.05) is 12.1 Å². The molecule has 1 N–H and O–H groups in total. The lowest BCUT2D eigenvalue weighted by Crippen LogP contribution is -2.47. The van der Waals surface area contributed by atoms with Gasteiger partial charge in [-0.3, -0.25) is 19.4 Å². The highest BCUT2D eigenvalue weighted by atomic mass is 35.5. The van der Waals surface area contributed by atoms with E-state index in [9.17, 15) is 4.79 Å². The van der Waals surface area contributed by atoms with E-state index in [1.54, 1.807) is 0 Å². The summed E-state index contributed by atoms with van der Waals surface area (Å²) >= 11 is 6.16. The summed E-state index contributed by atoms with van der Waals surface area (Å²) in [6.07, 6.45) is 1.19. The Bertz CT molecular complexity index is 989. The number of nitrogens with zero attached hydrogens (tertiary/aromatic N) is 3. The second-order valence-electron chi connectivity index (χ2n) is 8.82. The van der Waals surface area contributed by atoms with E-state index in [1.165, 1.54) is 17.7 Å². The fourth-order valence-electron chi connectivity index (χ4n) is 5.23. The maximum atomic E-state index is 13.2. The molecule has 3 aliphatic heterocycles. The van der Waals surface area contributed by atoms with Crippen molar-refractivity contribution in [1.29, 1.82) is 0 Å². The summed E-state index contributed by atoms with van der Waals surface area (Å²) in [7, 11) is 0. The Hall–Kier alpha value is -2.19. The largest absolute Gasteiger partial charge is 0.483 e. The van der Waals surface area contributed by atoms with Gasteiger partial charge in [0.05, 0.1) is 13.2 Å². The Kier molecular flexibility index (Phi) is 7.63. The highest BCUT2D eigenvalue weighted by Gasteiger charge is 2.35. The third-order valence-electron chi connectivity index (χ3n) is 6.55. The first kappa shape index (κ1) is 23.0. The van der Waals surface area contributed by atoms with E-state index in [0.29, 0.717) is 11.8 Å². The standard InChI is InChI=1S/C23H28ClN3O2.CH2O2/c24-21-3-1-2-17(11-21)12-26-13-18-10-20(16-26)22-5-4-19(23(28)27(22)14-18)15-25-6-8-29-9-7-25;2-1-3/h1-5,11,18,20H,6-10,12-16H2;1H,(H,2,3)/t18-,20+;/m0./s1. The van der Waals surface area contributed by atoms with Crippen molar-refractivity contribution in [2.75, 3.05) is 39.4 Å². The van der Waals surface area contributed by atoms with Crippen molar-refractivity contribution in [1.82, 2.24) is 14.4 Å². The van der Waals surface area contributed by atoms with Crippen LogP contribution >= 0.6 is 11.6 Å². The zero-order valence-electron chi connectivity index (χ0n) is 18.2. The van der Waals surface area contributed by atoms with Gasteiger partial charge < -0.3 is 14.4 Å². The molecular weight excluding hydrogens is 430 g/mol. The third-order valence-corrected chi connectivity index (χ3v) is 6.79. The van der Waals surface area contributed by atoms with Gasteiger partial charge in [-0.25, -0.2) is 0 Å². The lowest BCUT2D eigenvalue weighted by Gasteiger charge is -2.43. The Labute approximate surface area is 193 Å². The van der Waals surface area contributed by atoms with Crippen LogP contribution in [0.1, 0.15) is 29.2 Å². The normalized spacial score (nSPS) is 23.0. The van der Waals surface area contributed by atoms with Crippen LogP contribution in [-0.4, -0.2) is 65.3 Å². The number of piperidine rings is 1. The molecule has 0 spiro atoms. The molecule has 2 atom stereocenters. The molecule has 32 heavy (non-hydrogen) atoms. The maximum Gasteiger partial charge on any atom is 0.290 e. The molecule has 5 rings (SSSR count). The molecule has 2 aromatic rings. The topological polar surface area (TPSA) is 75.0 Å². The Balaban J connectivity index is 0.000000775. The quantitative estimate of drug-likeness (QED) is 0.708. The lowest BCUT2D eigenvalue weighted by atomic mass is 9.82. The summed E-state index contributed by atoms with van der Waals surface area (Å²) in [5, 5.41) is 7.68. The van der Waals surface area contributed by atoms with Crippen LogP contribution in [0, 0.1) is 5.92 Å². The van der Waals surface area contributed by atoms with Crippen LogP contribution < -0.4 is 5.56 Å². The Morgan fingerprint density at radius 2 is 1.84 bits per heavy atom. The molecule has 2 fully saturated rings. The molecule has 0 amide bonds. The van der Waals surface area contributed by atoms with E-state index < -0.39 is 0 Å². The van der Waals surface area contributed by atoms with Gasteiger partial charge in [-0.15, -0.1) is 0 Å². The number of fused-ring (bicyclic) bond motifs is 4. The molecule has 2 bridgehead atoms. The summed E-state index contributed by atoms with van der Waals surface area (Å²) in [5.41, 5.74) is 3.61. The first-order valence-corrected chi connectivity index (χ1v) is 11.5. The molecule has 8 heteroatoms. The summed E-state index contributed by atoms with van der Waals surface area (Å²) in [5.74, 6) is 0.976. The SMILES string of the molecule is O=CO.O=c1c(CN2CCOCC2)ccc2n1C[C@H]1C[C@@H]2CN(Cc2cccc(Cl)c2)C1. The minimum atomic E-state index is -0.250. The smallest absolute Gasteiger partial charge is 0.290 e. The number of likely N-dealkylation sites (tertiary alicyclic amines) is 1. The third kappa shape index (κ3) is 5.41. The van der Waals surface area contributed by atoms with Crippen LogP contribution in [-0.2, 0) is 29.2 Å². The van der Waals surface area contributed by atoms with Crippen molar-refractivity contribution in [3.8, 4) is 0 Å². The van der Waals surface area contributed by atoms with E-state index >= 15 is 0 Å². The van der Waals surface area contributed by atoms with Crippen LogP contribution in [0.3, 0.4) is 0 Å². The molecule has 1 aromatic carbocycles. The number of benzene rings is 1. The summed E-state index contributed by atoms with van der Waals surface area (Å²) in [4.78, 5) is 26.4. The van der Waals surface area contributed by atoms with Crippen LogP contribution in [0.5, 0.6) is 0 Å². The lowest BCUT2D eigenvalue weighted by molar-refractivity contribution is -0.122. The number of hydrogen-bond donors (Lipinski definition) is 1. The average Bonchev–Trinajstić information content (AvgIpc) is 2.77. The van der Waals surface area contributed by atoms with Crippen molar-refractivity contribution in [2.45, 2.75) is 32.0 Å². The van der Waals surface area contributed by atoms with Crippen LogP contribution in [0.25, 0.3) is 0 Å². The van der Waals surface area contributed by atoms with Gasteiger partial charge in [0.1, 0.15) is 0 Å². The predicted molar refractivity (Wildman–Crippen MR) is 123 cm³/mol. The molecular formula is C24H30ClN3O4. The van der Waals surface area contributed by atoms with Crippen LogP contribution in [0.15, 0.2) is 41.2 Å². The Morgan fingerprint density at radius 3 is 2.59 bits per heavy atom. The van der Waals surface area contributed by atoms with Gasteiger partial charge in [-0.2, -0.15) is 0 Å². The maximum absolute atomic E-state index is 13.2. The average molecular weight is 460 g/mol. The number of carboxylic acid groups (broad SMARTS) is 1. The molecule has 172 valence electrons. The van der Waals surface area contributed by atoms with Crippen molar-refractivity contribution in [3.05, 3.63) is 68.6 Å². The van der Waals surface area contributed by atoms with Gasteiger partial charge in [0.15, 0.2) is 0 Å². The highest BCUT2D eigenvalue weighted by Crippen LogP contribution is 2.35. The van der Waals surface area contributed by atoms with Crippen molar-refractivity contribution in [3.63, 3.8) is 0 Å². The van der Waals surface area contributed by atoms with Crippen molar-refractivity contribution >= 4 is 18.1 Å². The zero-order valence-corrected chi connectivity index (χ0v) is 18.9. The molecule has 3 aliphatic rings. The van der Waals surface area contributed by atoms with Crippen LogP contribution in [0.2, 0.25) is 5.02 Å². The van der Waals surface area contributed by atoms with E-state index in [4.69, 9.17) is 26.2 Å². The summed E-state index contributed by atoms with van der Waals surface area (Å²) < 4.78 is 7.51. The molecule has 1 aromatic heterocycles. The molecule has 7 nitrogen and oxygen atoms in total. The summed E-state index contributed by atoms with van der Waals surface area (Å²) in [6, 6.07) is 12.4. The van der Waals surface area contributed by atoms with E-state index in [-0.39, 0.29) is 12.0 Å². The van der Waals surface area contributed by atoms with E-state index in [0.717, 1.165) is 69.6 Å². The highest BCUT2D eigenvalue weighted by molar-refractivity contribution is 6.30. The molecule has 4 heterocycles. The Morgan fingerprint density at radius 1 is 1.06 bits per heavy atom. The second-order valence-corrected chi connectivity index (χ2v) is 9.25. The van der Waals surface area contributed by atoms with Gasteiger partial charge in [0, 0.05) is 68.0 Å². The van der Waals surface area contributed by atoms with Crippen molar-refractivity contribution in [2.24, 2.45) is 5.92 Å². The molecule has 0 saturated carbocycles. The molecule has 0 unspecified atom stereocenters. The predicted octanol–water partition coefficient (Wildman–Crippen LogP) is 2.65. The molecule has 0 aliphatic carbocycles. The number of ether oxygens (including phenoxy) is 1. The second kappa shape index (κ2) is 10.6. The van der Waals surface area contributed by atoms with Crippen LogP contribution in [0.4, 0.5) is 0 Å². The summed E-state index contributed by atoms with van der Waals surface area (Å²) in [6.45, 7) is 7.64. The number of aromatic nitrogens is 1. The van der Waals surface area contributed by atoms with Gasteiger partial charge in [-0.1, -0.05) is 29.8 Å². The number of pyridine rings is 1. The first-order chi connectivity index (χ1) is 15.6. The zero-order chi connectivity index (χ0) is 22.5. The minimum Gasteiger partial charge on any atom is -0.483 e. The van der Waals surface area contributed by atoms with E-state index in [2.05, 4.69) is 38.6 Å². The van der Waals surface area contributed by atoms with Gasteiger partial charge >= 0.3 is 0 Å². The monoisotopic (exact) mass is 459 g/mol. The number of hydrogen-bond acceptors (Lipinski definition) is 5. The van der Waals surface area contributed by atoms with Gasteiger partial charge in [0.2, 0.25) is 0 Å². The number of morpholine rings is 1. The molecule has 0 radical (unpaired) electrons. The fraction of sp³-hybridized carbons (Fsp3) is 0.500. The minimum absolute atomic E-state index is 0.215. The number of rotatable bonds is 4. The van der Waals surface area contributed by atoms with Crippen molar-refractivity contribution < 1.29 is 14.6 Å². The first-order valence-electron chi connectivity index (χ1n) is 11.1. The fourth-order valence-corrected chi connectivity index (χ4v) is 5.45.